The van der Waals surface area contributed by atoms with Gasteiger partial charge in [0.05, 0.1) is 19.8 Å². The van der Waals surface area contributed by atoms with E-state index in [0.29, 0.717) is 19.8 Å². The molecule has 2 aliphatic rings. The third-order valence-corrected chi connectivity index (χ3v) is 7.15. The van der Waals surface area contributed by atoms with Crippen molar-refractivity contribution in [1.82, 2.24) is 5.32 Å². The minimum absolute atomic E-state index is 0.289. The molecule has 1 saturated carbocycles. The first-order chi connectivity index (χ1) is 9.87. The Kier molecular flexibility index (Phi) is 5.54. The number of rotatable bonds is 5. The first-order valence-corrected chi connectivity index (χ1v) is 9.79. The summed E-state index contributed by atoms with van der Waals surface area (Å²) in [6.45, 7) is 9.19. The summed E-state index contributed by atoms with van der Waals surface area (Å²) in [5.74, 6) is -0.322. The Hall–Kier alpha value is 0.0700. The molecule has 0 radical (unpaired) electrons. The molecule has 5 nitrogen and oxygen atoms in total. The van der Waals surface area contributed by atoms with Crippen LogP contribution in [0.3, 0.4) is 0 Å². The zero-order valence-electron chi connectivity index (χ0n) is 13.8. The molecule has 1 N–H and O–H groups in total. The smallest absolute Gasteiger partial charge is 0.348 e. The van der Waals surface area contributed by atoms with Gasteiger partial charge in [0.1, 0.15) is 11.5 Å². The van der Waals surface area contributed by atoms with Crippen LogP contribution in [0.15, 0.2) is 0 Å². The Morgan fingerprint density at radius 1 is 1.14 bits per heavy atom. The van der Waals surface area contributed by atoms with Crippen molar-refractivity contribution >= 4 is 7.60 Å². The Morgan fingerprint density at radius 2 is 1.71 bits per heavy atom. The summed E-state index contributed by atoms with van der Waals surface area (Å²) < 4.78 is 30.6. The lowest BCUT2D eigenvalue weighted by molar-refractivity contribution is -0.163. The number of nitrogens with one attached hydrogen (secondary N) is 1. The molecule has 0 amide bonds. The van der Waals surface area contributed by atoms with Crippen molar-refractivity contribution in [3.8, 4) is 0 Å². The lowest BCUT2D eigenvalue weighted by Gasteiger charge is -2.52. The van der Waals surface area contributed by atoms with Crippen molar-refractivity contribution in [2.75, 3.05) is 19.8 Å². The number of ether oxygens (including phenoxy) is 1. The molecular weight excluding hydrogens is 289 g/mol. The minimum Gasteiger partial charge on any atom is -0.360 e. The third-order valence-electron chi connectivity index (χ3n) is 4.46. The van der Waals surface area contributed by atoms with Gasteiger partial charge in [0, 0.05) is 5.41 Å². The zero-order valence-corrected chi connectivity index (χ0v) is 14.7. The Morgan fingerprint density at radius 3 is 2.24 bits per heavy atom. The van der Waals surface area contributed by atoms with Gasteiger partial charge in [-0.25, -0.2) is 0 Å². The molecule has 2 fully saturated rings. The van der Waals surface area contributed by atoms with Crippen LogP contribution in [-0.2, 0) is 18.3 Å². The summed E-state index contributed by atoms with van der Waals surface area (Å²) in [5, 5.41) is 3.53. The highest BCUT2D eigenvalue weighted by Crippen LogP contribution is 2.59. The SMILES string of the molecule is CCOP(=O)(OCC)C1NC2(CCCCC2)OCC1(C)C. The topological polar surface area (TPSA) is 56.8 Å². The maximum Gasteiger partial charge on any atom is 0.348 e. The second-order valence-electron chi connectivity index (χ2n) is 6.75. The van der Waals surface area contributed by atoms with Crippen LogP contribution in [0, 0.1) is 5.41 Å². The van der Waals surface area contributed by atoms with Crippen LogP contribution in [0.5, 0.6) is 0 Å². The average Bonchev–Trinajstić information content (AvgIpc) is 2.44. The van der Waals surface area contributed by atoms with Crippen LogP contribution in [-0.4, -0.2) is 31.3 Å². The quantitative estimate of drug-likeness (QED) is 0.779. The molecule has 2 rings (SSSR count). The molecule has 0 aromatic rings. The van der Waals surface area contributed by atoms with Crippen LogP contribution in [0.4, 0.5) is 0 Å². The molecule has 1 unspecified atom stereocenters. The fraction of sp³-hybridized carbons (Fsp3) is 1.00. The fourth-order valence-electron chi connectivity index (χ4n) is 3.35. The summed E-state index contributed by atoms with van der Waals surface area (Å²) in [4.78, 5) is 0. The Labute approximate surface area is 128 Å². The molecule has 6 heteroatoms. The van der Waals surface area contributed by atoms with Crippen molar-refractivity contribution in [2.45, 2.75) is 71.3 Å². The van der Waals surface area contributed by atoms with Crippen LogP contribution in [0.25, 0.3) is 0 Å². The Balaban J connectivity index is 2.25. The molecule has 124 valence electrons. The largest absolute Gasteiger partial charge is 0.360 e. The summed E-state index contributed by atoms with van der Waals surface area (Å²) in [7, 11) is -3.20. The molecule has 1 heterocycles. The molecule has 0 aromatic heterocycles. The molecule has 21 heavy (non-hydrogen) atoms. The summed E-state index contributed by atoms with van der Waals surface area (Å²) in [6, 6.07) is 0. The molecule has 1 atom stereocenters. The molecule has 1 aliphatic heterocycles. The molecule has 0 bridgehead atoms. The molecule has 1 aliphatic carbocycles. The molecular formula is C15H30NO4P. The van der Waals surface area contributed by atoms with E-state index in [1.807, 2.05) is 13.8 Å². The first-order valence-electron chi connectivity index (χ1n) is 8.18. The predicted molar refractivity (Wildman–Crippen MR) is 83.3 cm³/mol. The van der Waals surface area contributed by atoms with Crippen molar-refractivity contribution in [2.24, 2.45) is 5.41 Å². The van der Waals surface area contributed by atoms with Gasteiger partial charge < -0.3 is 13.8 Å². The average molecular weight is 319 g/mol. The van der Waals surface area contributed by atoms with Gasteiger partial charge in [-0.05, 0) is 39.5 Å². The van der Waals surface area contributed by atoms with Crippen LogP contribution < -0.4 is 5.32 Å². The van der Waals surface area contributed by atoms with Gasteiger partial charge in [-0.2, -0.15) is 0 Å². The van der Waals surface area contributed by atoms with E-state index in [2.05, 4.69) is 19.2 Å². The van der Waals surface area contributed by atoms with E-state index in [-0.39, 0.29) is 16.9 Å². The van der Waals surface area contributed by atoms with E-state index < -0.39 is 7.60 Å². The fourth-order valence-corrected chi connectivity index (χ4v) is 5.77. The van der Waals surface area contributed by atoms with Crippen molar-refractivity contribution in [3.05, 3.63) is 0 Å². The maximum absolute atomic E-state index is 13.2. The first kappa shape index (κ1) is 17.4. The van der Waals surface area contributed by atoms with E-state index in [9.17, 15) is 4.57 Å². The lowest BCUT2D eigenvalue weighted by atomic mass is 9.85. The zero-order chi connectivity index (χ0) is 15.6. The predicted octanol–water partition coefficient (Wildman–Crippen LogP) is 3.89. The number of hydrogen-bond acceptors (Lipinski definition) is 5. The van der Waals surface area contributed by atoms with Gasteiger partial charge >= 0.3 is 7.60 Å². The van der Waals surface area contributed by atoms with Gasteiger partial charge in [-0.3, -0.25) is 9.88 Å². The minimum atomic E-state index is -3.20. The maximum atomic E-state index is 13.2. The highest BCUT2D eigenvalue weighted by atomic mass is 31.2. The monoisotopic (exact) mass is 319 g/mol. The third kappa shape index (κ3) is 3.70. The van der Waals surface area contributed by atoms with Gasteiger partial charge in [-0.1, -0.05) is 20.3 Å². The van der Waals surface area contributed by atoms with Crippen molar-refractivity contribution in [1.29, 1.82) is 0 Å². The summed E-state index contributed by atoms with van der Waals surface area (Å²) in [6.07, 6.45) is 5.48. The van der Waals surface area contributed by atoms with Crippen LogP contribution in [0.1, 0.15) is 59.8 Å². The summed E-state index contributed by atoms with van der Waals surface area (Å²) >= 11 is 0. The normalized spacial score (nSPS) is 28.7. The van der Waals surface area contributed by atoms with Crippen LogP contribution in [0.2, 0.25) is 0 Å². The van der Waals surface area contributed by atoms with Gasteiger partial charge in [-0.15, -0.1) is 0 Å². The lowest BCUT2D eigenvalue weighted by Crippen LogP contribution is -2.63. The molecule has 1 spiro atoms. The second kappa shape index (κ2) is 6.67. The molecule has 0 aromatic carbocycles. The highest BCUT2D eigenvalue weighted by Gasteiger charge is 2.54. The van der Waals surface area contributed by atoms with Crippen LogP contribution >= 0.6 is 7.60 Å². The van der Waals surface area contributed by atoms with E-state index >= 15 is 0 Å². The Bertz CT molecular complexity index is 383. The standard InChI is InChI=1S/C15H30NO4P/c1-5-19-21(17,20-6-2)13-14(3,4)12-18-15(16-13)10-8-7-9-11-15/h13,16H,5-12H2,1-4H3. The van der Waals surface area contributed by atoms with Crippen molar-refractivity contribution in [3.63, 3.8) is 0 Å². The second-order valence-corrected chi connectivity index (χ2v) is 8.87. The van der Waals surface area contributed by atoms with E-state index in [1.165, 1.54) is 6.42 Å². The van der Waals surface area contributed by atoms with E-state index in [4.69, 9.17) is 13.8 Å². The van der Waals surface area contributed by atoms with E-state index in [1.54, 1.807) is 0 Å². The summed E-state index contributed by atoms with van der Waals surface area (Å²) in [5.41, 5.74) is -0.634. The number of hydrogen-bond donors (Lipinski definition) is 1. The molecule has 1 saturated heterocycles. The highest BCUT2D eigenvalue weighted by molar-refractivity contribution is 7.54. The van der Waals surface area contributed by atoms with E-state index in [0.717, 1.165) is 25.7 Å². The van der Waals surface area contributed by atoms with Crippen molar-refractivity contribution < 1.29 is 18.3 Å². The van der Waals surface area contributed by atoms with Gasteiger partial charge in [0.2, 0.25) is 0 Å². The van der Waals surface area contributed by atoms with Gasteiger partial charge in [0.15, 0.2) is 0 Å². The van der Waals surface area contributed by atoms with Gasteiger partial charge in [0.25, 0.3) is 0 Å².